The molecule has 0 aliphatic rings. The lowest BCUT2D eigenvalue weighted by Gasteiger charge is -2.24. The lowest BCUT2D eigenvalue weighted by atomic mass is 10.3. The van der Waals surface area contributed by atoms with Crippen molar-refractivity contribution in [1.82, 2.24) is 9.97 Å². The van der Waals surface area contributed by atoms with Crippen molar-refractivity contribution in [3.8, 4) is 11.5 Å². The molecule has 42 heavy (non-hydrogen) atoms. The number of nitrogens with one attached hydrogen (secondary N) is 2. The average Bonchev–Trinajstić information content (AvgIpc) is 2.96. The number of carbonyl (C=O) groups is 1. The van der Waals surface area contributed by atoms with Gasteiger partial charge in [-0.1, -0.05) is 11.6 Å². The van der Waals surface area contributed by atoms with E-state index in [1.807, 2.05) is 0 Å². The first-order valence-electron chi connectivity index (χ1n) is 12.2. The second kappa shape index (κ2) is 12.6. The monoisotopic (exact) mass is 631 g/mol. The van der Waals surface area contributed by atoms with Crippen LogP contribution in [-0.4, -0.2) is 53.5 Å². The summed E-state index contributed by atoms with van der Waals surface area (Å²) in [4.78, 5) is 20.8. The van der Waals surface area contributed by atoms with Gasteiger partial charge in [-0.2, -0.15) is 0 Å². The normalized spacial score (nSPS) is 11.4. The van der Waals surface area contributed by atoms with E-state index in [0.717, 1.165) is 4.31 Å². The number of aryl methyl sites for hydroxylation is 1. The molecule has 0 saturated carbocycles. The molecule has 2 N–H and O–H groups in total. The van der Waals surface area contributed by atoms with Crippen molar-refractivity contribution < 1.29 is 31.1 Å². The Labute approximate surface area is 248 Å². The van der Waals surface area contributed by atoms with Gasteiger partial charge in [-0.05, 0) is 73.7 Å². The van der Waals surface area contributed by atoms with Gasteiger partial charge in [-0.3, -0.25) is 9.10 Å². The van der Waals surface area contributed by atoms with Crippen molar-refractivity contribution in [1.29, 1.82) is 0 Å². The summed E-state index contributed by atoms with van der Waals surface area (Å²) >= 11 is 6.00. The first kappa shape index (κ1) is 30.6. The first-order chi connectivity index (χ1) is 19.9. The number of methoxy groups -OCH3 is 2. The molecule has 4 aromatic rings. The Hall–Kier alpha value is -4.40. The molecule has 0 bridgehead atoms. The topological polar surface area (TPSA) is 157 Å². The minimum absolute atomic E-state index is 0.0784. The number of benzene rings is 3. The highest BCUT2D eigenvalue weighted by Crippen LogP contribution is 2.32. The van der Waals surface area contributed by atoms with Crippen LogP contribution in [0.4, 0.5) is 17.3 Å². The van der Waals surface area contributed by atoms with Gasteiger partial charge in [0.25, 0.3) is 20.0 Å². The Morgan fingerprint density at radius 1 is 0.881 bits per heavy atom. The van der Waals surface area contributed by atoms with Crippen LogP contribution < -0.4 is 23.8 Å². The van der Waals surface area contributed by atoms with E-state index in [9.17, 15) is 21.6 Å². The molecule has 0 saturated heterocycles. The SMILES string of the molecule is COc1ccc(S(=O)(=O)N(CC(=O)Nc2ccc(S(=O)(=O)Nc3nccc(C)n3)cc2)c2ccc(Cl)cc2)cc1OC. The van der Waals surface area contributed by atoms with Crippen LogP contribution in [0.5, 0.6) is 11.5 Å². The zero-order valence-corrected chi connectivity index (χ0v) is 25.0. The highest BCUT2D eigenvalue weighted by Gasteiger charge is 2.28. The molecule has 0 radical (unpaired) electrons. The Morgan fingerprint density at radius 2 is 1.52 bits per heavy atom. The summed E-state index contributed by atoms with van der Waals surface area (Å²) in [5.41, 5.74) is 1.02. The number of hydrogen-bond donors (Lipinski definition) is 2. The maximum atomic E-state index is 13.7. The second-order valence-electron chi connectivity index (χ2n) is 8.70. The third kappa shape index (κ3) is 7.08. The number of anilines is 3. The van der Waals surface area contributed by atoms with Gasteiger partial charge >= 0.3 is 0 Å². The molecule has 0 unspecified atom stereocenters. The molecule has 0 aliphatic carbocycles. The van der Waals surface area contributed by atoms with Crippen molar-refractivity contribution >= 4 is 54.9 Å². The highest BCUT2D eigenvalue weighted by molar-refractivity contribution is 7.93. The van der Waals surface area contributed by atoms with E-state index in [1.165, 1.54) is 87.1 Å². The molecule has 0 fully saturated rings. The molecule has 0 aliphatic heterocycles. The predicted molar refractivity (Wildman–Crippen MR) is 158 cm³/mol. The fourth-order valence-electron chi connectivity index (χ4n) is 3.75. The van der Waals surface area contributed by atoms with Gasteiger partial charge in [0.1, 0.15) is 6.54 Å². The summed E-state index contributed by atoms with van der Waals surface area (Å²) in [5.74, 6) is -0.238. The van der Waals surface area contributed by atoms with Gasteiger partial charge in [0.05, 0.1) is 29.7 Å². The molecule has 3 aromatic carbocycles. The molecular formula is C27H26ClN5O7S2. The van der Waals surface area contributed by atoms with E-state index in [4.69, 9.17) is 21.1 Å². The van der Waals surface area contributed by atoms with E-state index in [1.54, 1.807) is 13.0 Å². The Balaban J connectivity index is 1.56. The number of nitrogens with zero attached hydrogens (tertiary/aromatic N) is 3. The predicted octanol–water partition coefficient (Wildman–Crippen LogP) is 4.09. The highest BCUT2D eigenvalue weighted by atomic mass is 35.5. The van der Waals surface area contributed by atoms with Gasteiger partial charge in [-0.15, -0.1) is 0 Å². The molecule has 1 amide bonds. The first-order valence-corrected chi connectivity index (χ1v) is 15.5. The molecule has 1 heterocycles. The smallest absolute Gasteiger partial charge is 0.264 e. The quantitative estimate of drug-likeness (QED) is 0.249. The van der Waals surface area contributed by atoms with Crippen LogP contribution in [0.2, 0.25) is 5.02 Å². The number of hydrogen-bond acceptors (Lipinski definition) is 9. The molecule has 4 rings (SSSR count). The lowest BCUT2D eigenvalue weighted by molar-refractivity contribution is -0.114. The van der Waals surface area contributed by atoms with Crippen molar-refractivity contribution in [2.75, 3.05) is 35.1 Å². The summed E-state index contributed by atoms with van der Waals surface area (Å²) < 4.78 is 66.6. The molecule has 12 nitrogen and oxygen atoms in total. The molecule has 220 valence electrons. The molecular weight excluding hydrogens is 606 g/mol. The maximum absolute atomic E-state index is 13.7. The zero-order chi connectivity index (χ0) is 30.5. The average molecular weight is 632 g/mol. The third-order valence-corrected chi connectivity index (χ3v) is 9.18. The van der Waals surface area contributed by atoms with Crippen LogP contribution in [0.15, 0.2) is 88.8 Å². The number of halogens is 1. The Bertz CT molecular complexity index is 1800. The van der Waals surface area contributed by atoms with E-state index in [0.29, 0.717) is 16.5 Å². The van der Waals surface area contributed by atoms with Crippen LogP contribution >= 0.6 is 11.6 Å². The zero-order valence-electron chi connectivity index (χ0n) is 22.6. The summed E-state index contributed by atoms with van der Waals surface area (Å²) in [7, 11) is -5.48. The Morgan fingerprint density at radius 3 is 2.14 bits per heavy atom. The summed E-state index contributed by atoms with van der Waals surface area (Å²) in [5, 5.41) is 2.98. The summed E-state index contributed by atoms with van der Waals surface area (Å²) in [6, 6.07) is 17.0. The standard InChI is InChI=1S/C27H26ClN5O7S2/c1-18-14-15-29-27(30-18)32-41(35,36)22-10-6-20(7-11-22)31-26(34)17-33(21-8-4-19(28)5-9-21)42(37,38)23-12-13-24(39-2)25(16-23)40-3/h4-16H,17H2,1-3H3,(H,31,34)(H,29,30,32). The third-order valence-electron chi connectivity index (χ3n) is 5.81. The van der Waals surface area contributed by atoms with Gasteiger partial charge in [0, 0.05) is 28.7 Å². The number of rotatable bonds is 11. The van der Waals surface area contributed by atoms with Crippen LogP contribution in [0.1, 0.15) is 5.69 Å². The van der Waals surface area contributed by atoms with Gasteiger partial charge < -0.3 is 14.8 Å². The number of carbonyl (C=O) groups excluding carboxylic acids is 1. The minimum Gasteiger partial charge on any atom is -0.493 e. The maximum Gasteiger partial charge on any atom is 0.264 e. The van der Waals surface area contributed by atoms with E-state index >= 15 is 0 Å². The van der Waals surface area contributed by atoms with Crippen molar-refractivity contribution in [2.45, 2.75) is 16.7 Å². The van der Waals surface area contributed by atoms with Crippen LogP contribution in [0.3, 0.4) is 0 Å². The van der Waals surface area contributed by atoms with Gasteiger partial charge in [0.2, 0.25) is 11.9 Å². The molecule has 1 aromatic heterocycles. The molecule has 0 spiro atoms. The molecule has 0 atom stereocenters. The number of ether oxygens (including phenoxy) is 2. The fourth-order valence-corrected chi connectivity index (χ4v) is 6.27. The minimum atomic E-state index is -4.28. The van der Waals surface area contributed by atoms with Crippen molar-refractivity contribution in [2.24, 2.45) is 0 Å². The van der Waals surface area contributed by atoms with Crippen molar-refractivity contribution in [3.05, 3.63) is 89.7 Å². The second-order valence-corrected chi connectivity index (χ2v) is 12.7. The molecule has 15 heteroatoms. The van der Waals surface area contributed by atoms with Gasteiger partial charge in [-0.25, -0.2) is 31.5 Å². The van der Waals surface area contributed by atoms with Crippen molar-refractivity contribution in [3.63, 3.8) is 0 Å². The van der Waals surface area contributed by atoms with Gasteiger partial charge in [0.15, 0.2) is 11.5 Å². The largest absolute Gasteiger partial charge is 0.493 e. The lowest BCUT2D eigenvalue weighted by Crippen LogP contribution is -2.38. The van der Waals surface area contributed by atoms with Crippen LogP contribution in [0, 0.1) is 6.92 Å². The van der Waals surface area contributed by atoms with Crippen LogP contribution in [0.25, 0.3) is 0 Å². The van der Waals surface area contributed by atoms with E-state index < -0.39 is 32.5 Å². The number of sulfonamides is 2. The van der Waals surface area contributed by atoms with Crippen LogP contribution in [-0.2, 0) is 24.8 Å². The number of amides is 1. The summed E-state index contributed by atoms with van der Waals surface area (Å²) in [6.07, 6.45) is 1.43. The Kier molecular flexibility index (Phi) is 9.19. The van der Waals surface area contributed by atoms with E-state index in [-0.39, 0.29) is 32.9 Å². The summed E-state index contributed by atoms with van der Waals surface area (Å²) in [6.45, 7) is 1.09. The fraction of sp³-hybridized carbons (Fsp3) is 0.148. The number of aromatic nitrogens is 2. The van der Waals surface area contributed by atoms with E-state index in [2.05, 4.69) is 20.0 Å².